The molecule has 1 amide bonds. The largest absolute Gasteiger partial charge is 0.455 e. The summed E-state index contributed by atoms with van der Waals surface area (Å²) in [6.07, 6.45) is 0.874. The molecule has 1 atom stereocenters. The molecule has 0 unspecified atom stereocenters. The molecule has 7 nitrogen and oxygen atoms in total. The Hall–Kier alpha value is -1.68. The number of likely N-dealkylation sites (tertiary alicyclic amines) is 2. The summed E-state index contributed by atoms with van der Waals surface area (Å²) in [6, 6.07) is 0. The number of halogens is 3. The number of amides is 1. The molecule has 0 aromatic carbocycles. The molecule has 1 aromatic heterocycles. The van der Waals surface area contributed by atoms with E-state index in [9.17, 15) is 18.0 Å². The number of alkyl halides is 3. The molecule has 3 saturated heterocycles. The summed E-state index contributed by atoms with van der Waals surface area (Å²) in [7, 11) is 0. The quantitative estimate of drug-likeness (QED) is 0.771. The number of aromatic nitrogens is 2. The lowest BCUT2D eigenvalue weighted by molar-refractivity contribution is -0.146. The fourth-order valence-electron chi connectivity index (χ4n) is 4.52. The molecular weight excluding hydrogens is 377 g/mol. The average Bonchev–Trinajstić information content (AvgIpc) is 3.32. The fourth-order valence-corrected chi connectivity index (χ4v) is 4.52. The summed E-state index contributed by atoms with van der Waals surface area (Å²) < 4.78 is 48.2. The van der Waals surface area contributed by atoms with Crippen molar-refractivity contribution >= 4 is 5.91 Å². The molecule has 4 heterocycles. The van der Waals surface area contributed by atoms with Gasteiger partial charge in [0.05, 0.1) is 12.6 Å². The smallest absolute Gasteiger partial charge is 0.376 e. The van der Waals surface area contributed by atoms with E-state index in [4.69, 9.17) is 9.26 Å². The SMILES string of the molecule is O=C1CCC2(CCN(Cc3nc(C(F)(F)F)no3)CC2)CN1C[C@@H]1CCCO1. The minimum Gasteiger partial charge on any atom is -0.376 e. The molecule has 0 aliphatic carbocycles. The van der Waals surface area contributed by atoms with Crippen LogP contribution >= 0.6 is 0 Å². The molecule has 0 bridgehead atoms. The summed E-state index contributed by atoms with van der Waals surface area (Å²) in [4.78, 5) is 19.8. The van der Waals surface area contributed by atoms with Gasteiger partial charge in [-0.3, -0.25) is 9.69 Å². The predicted octanol–water partition coefficient (Wildman–Crippen LogP) is 2.47. The Labute approximate surface area is 161 Å². The summed E-state index contributed by atoms with van der Waals surface area (Å²) in [5.41, 5.74) is 0.0922. The lowest BCUT2D eigenvalue weighted by Gasteiger charge is -2.47. The molecule has 3 aliphatic heterocycles. The zero-order valence-corrected chi connectivity index (χ0v) is 15.7. The van der Waals surface area contributed by atoms with Gasteiger partial charge in [-0.1, -0.05) is 5.16 Å². The van der Waals surface area contributed by atoms with Crippen molar-refractivity contribution in [2.24, 2.45) is 5.41 Å². The fraction of sp³-hybridized carbons (Fsp3) is 0.833. The van der Waals surface area contributed by atoms with Crippen molar-refractivity contribution < 1.29 is 27.2 Å². The van der Waals surface area contributed by atoms with Gasteiger partial charge in [-0.25, -0.2) is 0 Å². The predicted molar refractivity (Wildman–Crippen MR) is 91.0 cm³/mol. The molecule has 3 aliphatic rings. The third-order valence-electron chi connectivity index (χ3n) is 6.19. The molecule has 156 valence electrons. The summed E-state index contributed by atoms with van der Waals surface area (Å²) in [5, 5.41) is 3.01. The molecule has 0 radical (unpaired) electrons. The number of ether oxygens (including phenoxy) is 1. The van der Waals surface area contributed by atoms with Crippen LogP contribution in [0.2, 0.25) is 0 Å². The van der Waals surface area contributed by atoms with Crippen molar-refractivity contribution in [3.8, 4) is 0 Å². The van der Waals surface area contributed by atoms with E-state index in [2.05, 4.69) is 10.1 Å². The van der Waals surface area contributed by atoms with Gasteiger partial charge in [-0.2, -0.15) is 18.2 Å². The van der Waals surface area contributed by atoms with Gasteiger partial charge in [-0.05, 0) is 50.6 Å². The number of carbonyl (C=O) groups is 1. The van der Waals surface area contributed by atoms with E-state index in [1.807, 2.05) is 9.80 Å². The maximum absolute atomic E-state index is 12.6. The van der Waals surface area contributed by atoms with E-state index >= 15 is 0 Å². The van der Waals surface area contributed by atoms with Crippen LogP contribution in [0.1, 0.15) is 50.2 Å². The van der Waals surface area contributed by atoms with Crippen LogP contribution in [0.3, 0.4) is 0 Å². The van der Waals surface area contributed by atoms with E-state index < -0.39 is 12.0 Å². The van der Waals surface area contributed by atoms with Crippen LogP contribution in [0.25, 0.3) is 0 Å². The highest BCUT2D eigenvalue weighted by molar-refractivity contribution is 5.77. The first-order chi connectivity index (χ1) is 13.3. The van der Waals surface area contributed by atoms with Crippen LogP contribution in [-0.2, 0) is 22.3 Å². The molecule has 3 fully saturated rings. The van der Waals surface area contributed by atoms with Crippen molar-refractivity contribution in [2.75, 3.05) is 32.8 Å². The van der Waals surface area contributed by atoms with Crippen molar-refractivity contribution in [1.29, 1.82) is 0 Å². The summed E-state index contributed by atoms with van der Waals surface area (Å²) in [6.45, 7) is 3.90. The Morgan fingerprint density at radius 3 is 2.64 bits per heavy atom. The van der Waals surface area contributed by atoms with E-state index in [1.54, 1.807) is 0 Å². The Morgan fingerprint density at radius 2 is 2.00 bits per heavy atom. The second kappa shape index (κ2) is 7.62. The van der Waals surface area contributed by atoms with Crippen molar-refractivity contribution in [3.63, 3.8) is 0 Å². The van der Waals surface area contributed by atoms with Crippen molar-refractivity contribution in [2.45, 2.75) is 57.3 Å². The Balaban J connectivity index is 1.31. The molecule has 1 spiro atoms. The highest BCUT2D eigenvalue weighted by Gasteiger charge is 2.42. The van der Waals surface area contributed by atoms with Gasteiger partial charge in [0.1, 0.15) is 0 Å². The van der Waals surface area contributed by atoms with Crippen molar-refractivity contribution in [3.05, 3.63) is 11.7 Å². The third-order valence-corrected chi connectivity index (χ3v) is 6.19. The average molecular weight is 402 g/mol. The number of hydrogen-bond donors (Lipinski definition) is 0. The van der Waals surface area contributed by atoms with Gasteiger partial charge in [0.2, 0.25) is 11.8 Å². The second-order valence-electron chi connectivity index (χ2n) is 8.19. The van der Waals surface area contributed by atoms with Gasteiger partial charge in [-0.15, -0.1) is 0 Å². The minimum absolute atomic E-state index is 0.0119. The zero-order chi connectivity index (χ0) is 19.8. The minimum atomic E-state index is -4.59. The van der Waals surface area contributed by atoms with Crippen LogP contribution in [0, 0.1) is 5.41 Å². The number of rotatable bonds is 4. The third kappa shape index (κ3) is 4.32. The highest BCUT2D eigenvalue weighted by Crippen LogP contribution is 2.40. The van der Waals surface area contributed by atoms with E-state index in [0.717, 1.165) is 58.3 Å². The van der Waals surface area contributed by atoms with Gasteiger partial charge in [0.25, 0.3) is 5.82 Å². The van der Waals surface area contributed by atoms with Crippen LogP contribution in [0.5, 0.6) is 0 Å². The first-order valence-electron chi connectivity index (χ1n) is 9.85. The van der Waals surface area contributed by atoms with Crippen LogP contribution in [0.15, 0.2) is 4.52 Å². The van der Waals surface area contributed by atoms with Gasteiger partial charge >= 0.3 is 6.18 Å². The maximum Gasteiger partial charge on any atom is 0.455 e. The van der Waals surface area contributed by atoms with Crippen LogP contribution in [-0.4, -0.2) is 64.7 Å². The number of nitrogens with zero attached hydrogens (tertiary/aromatic N) is 4. The molecule has 0 N–H and O–H groups in total. The molecule has 0 saturated carbocycles. The Morgan fingerprint density at radius 1 is 1.21 bits per heavy atom. The Kier molecular flexibility index (Phi) is 5.34. The van der Waals surface area contributed by atoms with Crippen LogP contribution in [0.4, 0.5) is 13.2 Å². The van der Waals surface area contributed by atoms with Crippen molar-refractivity contribution in [1.82, 2.24) is 19.9 Å². The molecule has 10 heteroatoms. The molecule has 28 heavy (non-hydrogen) atoms. The Bertz CT molecular complexity index is 694. The topological polar surface area (TPSA) is 71.7 Å². The number of hydrogen-bond acceptors (Lipinski definition) is 6. The maximum atomic E-state index is 12.6. The van der Waals surface area contributed by atoms with E-state index in [-0.39, 0.29) is 29.9 Å². The second-order valence-corrected chi connectivity index (χ2v) is 8.19. The highest BCUT2D eigenvalue weighted by atomic mass is 19.4. The van der Waals surface area contributed by atoms with E-state index in [1.165, 1.54) is 0 Å². The lowest BCUT2D eigenvalue weighted by Crippen LogP contribution is -2.52. The monoisotopic (exact) mass is 402 g/mol. The van der Waals surface area contributed by atoms with Gasteiger partial charge in [0.15, 0.2) is 0 Å². The molecule has 1 aromatic rings. The number of piperidine rings is 2. The zero-order valence-electron chi connectivity index (χ0n) is 15.7. The van der Waals surface area contributed by atoms with Gasteiger partial charge < -0.3 is 14.2 Å². The molecular formula is C18H25F3N4O3. The van der Waals surface area contributed by atoms with Crippen LogP contribution < -0.4 is 0 Å². The van der Waals surface area contributed by atoms with Gasteiger partial charge in [0, 0.05) is 26.1 Å². The first kappa shape index (κ1) is 19.6. The normalized spacial score (nSPS) is 26.3. The van der Waals surface area contributed by atoms with E-state index in [0.29, 0.717) is 13.0 Å². The first-order valence-corrected chi connectivity index (χ1v) is 9.85. The number of carbonyl (C=O) groups excluding carboxylic acids is 1. The summed E-state index contributed by atoms with van der Waals surface area (Å²) >= 11 is 0. The molecule has 4 rings (SSSR count). The summed E-state index contributed by atoms with van der Waals surface area (Å²) in [5.74, 6) is -1.04. The standard InChI is InChI=1S/C18H25F3N4O3/c19-18(20,21)16-22-14(28-23-16)11-24-7-5-17(6-8-24)4-3-15(26)25(12-17)10-13-2-1-9-27-13/h13H,1-12H2/t13-/m0/s1. The lowest BCUT2D eigenvalue weighted by atomic mass is 9.72.